The first-order chi connectivity index (χ1) is 12.1. The van der Waals surface area contributed by atoms with Crippen molar-refractivity contribution >= 4 is 17.5 Å². The molecule has 1 heterocycles. The molecule has 0 amide bonds. The largest absolute Gasteiger partial charge is 0.496 e. The lowest BCUT2D eigenvalue weighted by atomic mass is 10.0. The number of Topliss-reactive ketones (excluding diaryl/α,β-unsaturated/α-hetero) is 1. The van der Waals surface area contributed by atoms with E-state index in [0.717, 1.165) is 11.1 Å². The zero-order valence-corrected chi connectivity index (χ0v) is 15.1. The van der Waals surface area contributed by atoms with Crippen LogP contribution in [0.2, 0.25) is 0 Å². The van der Waals surface area contributed by atoms with Crippen molar-refractivity contribution in [3.8, 4) is 17.2 Å². The summed E-state index contributed by atoms with van der Waals surface area (Å²) in [6, 6.07) is 13.1. The van der Waals surface area contributed by atoms with Crippen molar-refractivity contribution in [1.82, 2.24) is 10.2 Å². The third-order valence-corrected chi connectivity index (χ3v) is 4.72. The van der Waals surface area contributed by atoms with Gasteiger partial charge >= 0.3 is 0 Å². The van der Waals surface area contributed by atoms with E-state index in [0.29, 0.717) is 22.4 Å². The summed E-state index contributed by atoms with van der Waals surface area (Å²) in [6.45, 7) is 4.02. The number of nitrogens with zero attached hydrogens (tertiary/aromatic N) is 2. The van der Waals surface area contributed by atoms with Crippen LogP contribution in [0.4, 0.5) is 0 Å². The van der Waals surface area contributed by atoms with Gasteiger partial charge in [0, 0.05) is 5.56 Å². The molecule has 3 rings (SSSR count). The number of benzene rings is 2. The first kappa shape index (κ1) is 17.2. The standard InChI is InChI=1S/C19H18N2O3S/c1-12-8-9-14(10-13(12)2)16(22)11-25-19-21-20-18(24-19)15-6-4-5-7-17(15)23-3/h4-10H,11H2,1-3H3. The first-order valence-electron chi connectivity index (χ1n) is 7.78. The minimum Gasteiger partial charge on any atom is -0.496 e. The molecule has 0 aliphatic heterocycles. The summed E-state index contributed by atoms with van der Waals surface area (Å²) < 4.78 is 10.9. The van der Waals surface area contributed by atoms with Crippen molar-refractivity contribution in [1.29, 1.82) is 0 Å². The van der Waals surface area contributed by atoms with E-state index < -0.39 is 0 Å². The van der Waals surface area contributed by atoms with Crippen LogP contribution in [0.3, 0.4) is 0 Å². The maximum absolute atomic E-state index is 12.3. The minimum absolute atomic E-state index is 0.0325. The molecule has 0 atom stereocenters. The average Bonchev–Trinajstić information content (AvgIpc) is 3.10. The van der Waals surface area contributed by atoms with E-state index >= 15 is 0 Å². The molecular weight excluding hydrogens is 336 g/mol. The summed E-state index contributed by atoms with van der Waals surface area (Å²) in [5.41, 5.74) is 3.69. The third-order valence-electron chi connectivity index (χ3n) is 3.90. The maximum atomic E-state index is 12.3. The molecule has 0 N–H and O–H groups in total. The van der Waals surface area contributed by atoms with Gasteiger partial charge in [0.15, 0.2) is 5.78 Å². The van der Waals surface area contributed by atoms with Crippen LogP contribution < -0.4 is 4.74 Å². The van der Waals surface area contributed by atoms with Gasteiger partial charge in [-0.25, -0.2) is 0 Å². The quantitative estimate of drug-likeness (QED) is 0.485. The van der Waals surface area contributed by atoms with Crippen LogP contribution in [0.5, 0.6) is 5.75 Å². The third kappa shape index (κ3) is 3.91. The predicted molar refractivity (Wildman–Crippen MR) is 97.3 cm³/mol. The Morgan fingerprint density at radius 3 is 2.68 bits per heavy atom. The highest BCUT2D eigenvalue weighted by Crippen LogP contribution is 2.30. The van der Waals surface area contributed by atoms with E-state index in [4.69, 9.17) is 9.15 Å². The van der Waals surface area contributed by atoms with Crippen molar-refractivity contribution < 1.29 is 13.9 Å². The molecule has 0 radical (unpaired) electrons. The number of para-hydroxylation sites is 1. The highest BCUT2D eigenvalue weighted by molar-refractivity contribution is 7.99. The summed E-state index contributed by atoms with van der Waals surface area (Å²) in [4.78, 5) is 12.3. The lowest BCUT2D eigenvalue weighted by molar-refractivity contribution is 0.102. The van der Waals surface area contributed by atoms with E-state index in [-0.39, 0.29) is 11.5 Å². The summed E-state index contributed by atoms with van der Waals surface area (Å²) >= 11 is 1.23. The molecule has 0 fully saturated rings. The van der Waals surface area contributed by atoms with Gasteiger partial charge in [-0.15, -0.1) is 10.2 Å². The van der Waals surface area contributed by atoms with Crippen molar-refractivity contribution in [3.63, 3.8) is 0 Å². The fourth-order valence-electron chi connectivity index (χ4n) is 2.32. The molecule has 0 aliphatic rings. The Balaban J connectivity index is 1.69. The molecule has 0 saturated carbocycles. The Hall–Kier alpha value is -2.60. The summed E-state index contributed by atoms with van der Waals surface area (Å²) in [6.07, 6.45) is 0. The Bertz CT molecular complexity index is 905. The highest BCUT2D eigenvalue weighted by atomic mass is 32.2. The number of carbonyl (C=O) groups is 1. The smallest absolute Gasteiger partial charge is 0.277 e. The van der Waals surface area contributed by atoms with Gasteiger partial charge in [-0.05, 0) is 43.2 Å². The molecule has 6 heteroatoms. The van der Waals surface area contributed by atoms with Crippen LogP contribution in [0.15, 0.2) is 52.1 Å². The second kappa shape index (κ2) is 7.53. The van der Waals surface area contributed by atoms with Gasteiger partial charge in [0.1, 0.15) is 5.75 Å². The molecule has 128 valence electrons. The van der Waals surface area contributed by atoms with Gasteiger partial charge in [-0.1, -0.05) is 36.0 Å². The zero-order valence-electron chi connectivity index (χ0n) is 14.3. The van der Waals surface area contributed by atoms with Gasteiger partial charge < -0.3 is 9.15 Å². The van der Waals surface area contributed by atoms with Crippen LogP contribution >= 0.6 is 11.8 Å². The Morgan fingerprint density at radius 2 is 1.92 bits per heavy atom. The lowest BCUT2D eigenvalue weighted by Gasteiger charge is -2.04. The first-order valence-corrected chi connectivity index (χ1v) is 8.77. The fraction of sp³-hybridized carbons (Fsp3) is 0.211. The van der Waals surface area contributed by atoms with Crippen molar-refractivity contribution in [2.24, 2.45) is 0 Å². The van der Waals surface area contributed by atoms with Crippen molar-refractivity contribution in [2.75, 3.05) is 12.9 Å². The van der Waals surface area contributed by atoms with E-state index in [9.17, 15) is 4.79 Å². The number of hydrogen-bond acceptors (Lipinski definition) is 6. The number of carbonyl (C=O) groups excluding carboxylic acids is 1. The fourth-order valence-corrected chi connectivity index (χ4v) is 2.98. The van der Waals surface area contributed by atoms with E-state index in [2.05, 4.69) is 10.2 Å². The Kier molecular flexibility index (Phi) is 5.19. The topological polar surface area (TPSA) is 65.2 Å². The molecule has 0 unspecified atom stereocenters. The van der Waals surface area contributed by atoms with Gasteiger partial charge in [0.05, 0.1) is 18.4 Å². The Labute approximate surface area is 150 Å². The number of aryl methyl sites for hydroxylation is 2. The number of hydrogen-bond donors (Lipinski definition) is 0. The molecule has 0 saturated heterocycles. The predicted octanol–water partition coefficient (Wildman–Crippen LogP) is 4.34. The van der Waals surface area contributed by atoms with Gasteiger partial charge in [-0.2, -0.15) is 0 Å². The Morgan fingerprint density at radius 1 is 1.12 bits per heavy atom. The van der Waals surface area contributed by atoms with Crippen LogP contribution in [-0.4, -0.2) is 28.8 Å². The van der Waals surface area contributed by atoms with Crippen LogP contribution in [0.25, 0.3) is 11.5 Å². The van der Waals surface area contributed by atoms with E-state index in [1.165, 1.54) is 17.3 Å². The molecule has 0 spiro atoms. The van der Waals surface area contributed by atoms with Gasteiger partial charge in [0.25, 0.3) is 11.1 Å². The summed E-state index contributed by atoms with van der Waals surface area (Å²) in [5, 5.41) is 8.41. The molecule has 5 nitrogen and oxygen atoms in total. The van der Waals surface area contributed by atoms with Gasteiger partial charge in [-0.3, -0.25) is 4.79 Å². The van der Waals surface area contributed by atoms with Crippen LogP contribution in [-0.2, 0) is 0 Å². The molecule has 0 aliphatic carbocycles. The van der Waals surface area contributed by atoms with Crippen LogP contribution in [0, 0.1) is 13.8 Å². The highest BCUT2D eigenvalue weighted by Gasteiger charge is 2.15. The zero-order chi connectivity index (χ0) is 17.8. The summed E-state index contributed by atoms with van der Waals surface area (Å²) in [5.74, 6) is 1.31. The number of thioether (sulfide) groups is 1. The van der Waals surface area contributed by atoms with E-state index in [1.807, 2.05) is 56.3 Å². The second-order valence-electron chi connectivity index (χ2n) is 5.58. The van der Waals surface area contributed by atoms with Crippen molar-refractivity contribution in [3.05, 3.63) is 59.2 Å². The number of rotatable bonds is 6. The minimum atomic E-state index is 0.0325. The number of ketones is 1. The van der Waals surface area contributed by atoms with Gasteiger partial charge in [0.2, 0.25) is 0 Å². The van der Waals surface area contributed by atoms with E-state index in [1.54, 1.807) is 7.11 Å². The monoisotopic (exact) mass is 354 g/mol. The van der Waals surface area contributed by atoms with Crippen LogP contribution in [0.1, 0.15) is 21.5 Å². The number of methoxy groups -OCH3 is 1. The SMILES string of the molecule is COc1ccccc1-c1nnc(SCC(=O)c2ccc(C)c(C)c2)o1. The number of aromatic nitrogens is 2. The molecule has 0 bridgehead atoms. The molecule has 2 aromatic carbocycles. The molecular formula is C19H18N2O3S. The molecule has 3 aromatic rings. The summed E-state index contributed by atoms with van der Waals surface area (Å²) in [7, 11) is 1.59. The van der Waals surface area contributed by atoms with Crippen molar-refractivity contribution in [2.45, 2.75) is 19.1 Å². The molecule has 1 aromatic heterocycles. The molecule has 25 heavy (non-hydrogen) atoms. The lowest BCUT2D eigenvalue weighted by Crippen LogP contribution is -2.03. The number of ether oxygens (including phenoxy) is 1. The second-order valence-corrected chi connectivity index (χ2v) is 6.51. The normalized spacial score (nSPS) is 10.7. The maximum Gasteiger partial charge on any atom is 0.277 e. The average molecular weight is 354 g/mol.